The molecule has 0 fully saturated rings. The Balaban J connectivity index is 3.11. The molecule has 16 heavy (non-hydrogen) atoms. The van der Waals surface area contributed by atoms with Crippen molar-refractivity contribution in [2.24, 2.45) is 0 Å². The molecule has 1 aromatic rings. The highest BCUT2D eigenvalue weighted by Gasteiger charge is 2.15. The minimum atomic E-state index is -3.28. The van der Waals surface area contributed by atoms with E-state index in [1.54, 1.807) is 0 Å². The van der Waals surface area contributed by atoms with Gasteiger partial charge in [-0.15, -0.1) is 0 Å². The normalized spacial score (nSPS) is 11.1. The zero-order valence-electron chi connectivity index (χ0n) is 8.90. The molecule has 0 aliphatic heterocycles. The van der Waals surface area contributed by atoms with Crippen molar-refractivity contribution in [1.29, 1.82) is 5.26 Å². The molecule has 0 saturated heterocycles. The zero-order valence-corrected chi connectivity index (χ0v) is 10.5. The van der Waals surface area contributed by atoms with E-state index in [9.17, 15) is 8.42 Å². The molecule has 0 N–H and O–H groups in total. The predicted molar refractivity (Wildman–Crippen MR) is 63.1 cm³/mol. The molecule has 0 radical (unpaired) electrons. The summed E-state index contributed by atoms with van der Waals surface area (Å²) in [6.07, 6.45) is 1.44. The van der Waals surface area contributed by atoms with Crippen molar-refractivity contribution >= 4 is 21.4 Å². The van der Waals surface area contributed by atoms with E-state index >= 15 is 0 Å². The van der Waals surface area contributed by atoms with Crippen molar-refractivity contribution in [3.05, 3.63) is 28.8 Å². The van der Waals surface area contributed by atoms with Gasteiger partial charge in [0.25, 0.3) is 0 Å². The summed E-state index contributed by atoms with van der Waals surface area (Å²) in [6.45, 7) is 1.93. The van der Waals surface area contributed by atoms with Crippen LogP contribution in [-0.4, -0.2) is 14.2 Å². The van der Waals surface area contributed by atoms with Crippen LogP contribution in [0.5, 0.6) is 0 Å². The number of hydrogen-bond donors (Lipinski definition) is 0. The Morgan fingerprint density at radius 3 is 2.69 bits per heavy atom. The van der Waals surface area contributed by atoms with Crippen LogP contribution in [0.15, 0.2) is 23.1 Å². The van der Waals surface area contributed by atoms with E-state index in [-0.39, 0.29) is 21.2 Å². The first-order valence-electron chi connectivity index (χ1n) is 4.93. The Bertz CT molecular complexity index is 517. The van der Waals surface area contributed by atoms with E-state index in [1.165, 1.54) is 18.2 Å². The summed E-state index contributed by atoms with van der Waals surface area (Å²) >= 11 is 5.73. The van der Waals surface area contributed by atoms with Crippen LogP contribution < -0.4 is 0 Å². The molecule has 0 saturated carbocycles. The lowest BCUT2D eigenvalue weighted by Crippen LogP contribution is -2.06. The second-order valence-electron chi connectivity index (χ2n) is 3.43. The highest BCUT2D eigenvalue weighted by atomic mass is 35.5. The van der Waals surface area contributed by atoms with Crippen LogP contribution in [0.1, 0.15) is 25.3 Å². The predicted octanol–water partition coefficient (Wildman–Crippen LogP) is 2.79. The van der Waals surface area contributed by atoms with Crippen LogP contribution in [0.2, 0.25) is 5.02 Å². The molecule has 0 aliphatic carbocycles. The molecule has 0 bridgehead atoms. The van der Waals surface area contributed by atoms with E-state index < -0.39 is 9.84 Å². The Morgan fingerprint density at radius 1 is 1.44 bits per heavy atom. The topological polar surface area (TPSA) is 57.9 Å². The summed E-state index contributed by atoms with van der Waals surface area (Å²) in [7, 11) is -3.28. The Labute approximate surface area is 101 Å². The number of rotatable bonds is 4. The van der Waals surface area contributed by atoms with Gasteiger partial charge >= 0.3 is 0 Å². The van der Waals surface area contributed by atoms with Gasteiger partial charge in [-0.05, 0) is 24.6 Å². The average Bonchev–Trinajstić information content (AvgIpc) is 2.27. The molecule has 0 heterocycles. The molecule has 0 aromatic heterocycles. The number of hydrogen-bond acceptors (Lipinski definition) is 3. The van der Waals surface area contributed by atoms with E-state index in [0.717, 1.165) is 6.42 Å². The average molecular weight is 258 g/mol. The Kier molecular flexibility index (Phi) is 4.34. The third-order valence-electron chi connectivity index (χ3n) is 2.18. The molecule has 0 amide bonds. The SMILES string of the molecule is CCCCS(=O)(=O)c1ccc(Cl)c(C#N)c1. The highest BCUT2D eigenvalue weighted by molar-refractivity contribution is 7.91. The molecular formula is C11H12ClNO2S. The van der Waals surface area contributed by atoms with E-state index in [0.29, 0.717) is 6.42 Å². The van der Waals surface area contributed by atoms with Gasteiger partial charge in [-0.2, -0.15) is 5.26 Å². The van der Waals surface area contributed by atoms with Crippen molar-refractivity contribution in [3.63, 3.8) is 0 Å². The number of benzene rings is 1. The van der Waals surface area contributed by atoms with Crippen LogP contribution >= 0.6 is 11.6 Å². The minimum Gasteiger partial charge on any atom is -0.224 e. The molecule has 0 atom stereocenters. The number of nitriles is 1. The van der Waals surface area contributed by atoms with Gasteiger partial charge in [-0.25, -0.2) is 8.42 Å². The second-order valence-corrected chi connectivity index (χ2v) is 5.94. The first-order chi connectivity index (χ1) is 7.51. The lowest BCUT2D eigenvalue weighted by Gasteiger charge is -2.04. The van der Waals surface area contributed by atoms with Crippen molar-refractivity contribution < 1.29 is 8.42 Å². The standard InChI is InChI=1S/C11H12ClNO2S/c1-2-3-6-16(14,15)10-4-5-11(12)9(7-10)8-13/h4-5,7H,2-3,6H2,1H3. The maximum Gasteiger partial charge on any atom is 0.178 e. The third kappa shape index (κ3) is 2.97. The van der Waals surface area contributed by atoms with Gasteiger partial charge in [0.05, 0.1) is 21.2 Å². The van der Waals surface area contributed by atoms with Gasteiger partial charge in [-0.3, -0.25) is 0 Å². The van der Waals surface area contributed by atoms with Crippen molar-refractivity contribution in [2.75, 3.05) is 5.75 Å². The van der Waals surface area contributed by atoms with E-state index in [1.807, 2.05) is 13.0 Å². The van der Waals surface area contributed by atoms with Crippen molar-refractivity contribution in [2.45, 2.75) is 24.7 Å². The highest BCUT2D eigenvalue weighted by Crippen LogP contribution is 2.21. The number of unbranched alkanes of at least 4 members (excludes halogenated alkanes) is 1. The van der Waals surface area contributed by atoms with Crippen molar-refractivity contribution in [3.8, 4) is 6.07 Å². The number of nitrogens with zero attached hydrogens (tertiary/aromatic N) is 1. The molecular weight excluding hydrogens is 246 g/mol. The first kappa shape index (κ1) is 13.0. The third-order valence-corrected chi connectivity index (χ3v) is 4.31. The van der Waals surface area contributed by atoms with Crippen LogP contribution in [0, 0.1) is 11.3 Å². The van der Waals surface area contributed by atoms with Gasteiger partial charge in [0, 0.05) is 0 Å². The summed E-state index contributed by atoms with van der Waals surface area (Å²) in [5.74, 6) is 0.107. The fraction of sp³-hybridized carbons (Fsp3) is 0.364. The maximum atomic E-state index is 11.8. The number of sulfone groups is 1. The van der Waals surface area contributed by atoms with Gasteiger partial charge in [0.1, 0.15) is 6.07 Å². The molecule has 0 aliphatic rings. The Hall–Kier alpha value is -1.05. The van der Waals surface area contributed by atoms with Crippen LogP contribution in [-0.2, 0) is 9.84 Å². The summed E-state index contributed by atoms with van der Waals surface area (Å²) < 4.78 is 23.6. The molecule has 1 aromatic carbocycles. The number of halogens is 1. The van der Waals surface area contributed by atoms with Gasteiger partial charge in [0.15, 0.2) is 9.84 Å². The fourth-order valence-corrected chi connectivity index (χ4v) is 2.87. The fourth-order valence-electron chi connectivity index (χ4n) is 1.24. The van der Waals surface area contributed by atoms with Crippen molar-refractivity contribution in [1.82, 2.24) is 0 Å². The van der Waals surface area contributed by atoms with Gasteiger partial charge in [-0.1, -0.05) is 24.9 Å². The van der Waals surface area contributed by atoms with Gasteiger partial charge in [0.2, 0.25) is 0 Å². The molecule has 86 valence electrons. The summed E-state index contributed by atoms with van der Waals surface area (Å²) in [5.41, 5.74) is 0.194. The summed E-state index contributed by atoms with van der Waals surface area (Å²) in [4.78, 5) is 0.168. The molecule has 0 unspecified atom stereocenters. The van der Waals surface area contributed by atoms with Gasteiger partial charge < -0.3 is 0 Å². The van der Waals surface area contributed by atoms with E-state index in [4.69, 9.17) is 16.9 Å². The smallest absolute Gasteiger partial charge is 0.178 e. The summed E-state index contributed by atoms with van der Waals surface area (Å²) in [6, 6.07) is 6.08. The zero-order chi connectivity index (χ0) is 12.2. The first-order valence-corrected chi connectivity index (χ1v) is 6.96. The van der Waals surface area contributed by atoms with Crippen LogP contribution in [0.4, 0.5) is 0 Å². The molecule has 1 rings (SSSR count). The lowest BCUT2D eigenvalue weighted by atomic mass is 10.2. The largest absolute Gasteiger partial charge is 0.224 e. The monoisotopic (exact) mass is 257 g/mol. The quantitative estimate of drug-likeness (QED) is 0.833. The Morgan fingerprint density at radius 2 is 2.12 bits per heavy atom. The molecule has 5 heteroatoms. The van der Waals surface area contributed by atoms with Crippen LogP contribution in [0.3, 0.4) is 0 Å². The molecule has 0 spiro atoms. The molecule has 3 nitrogen and oxygen atoms in total. The minimum absolute atomic E-state index is 0.107. The lowest BCUT2D eigenvalue weighted by molar-refractivity contribution is 0.592. The van der Waals surface area contributed by atoms with E-state index in [2.05, 4.69) is 0 Å². The van der Waals surface area contributed by atoms with Crippen LogP contribution in [0.25, 0.3) is 0 Å². The summed E-state index contributed by atoms with van der Waals surface area (Å²) in [5, 5.41) is 9.03. The second kappa shape index (κ2) is 5.33. The maximum absolute atomic E-state index is 11.8.